The molecule has 0 saturated carbocycles. The lowest BCUT2D eigenvalue weighted by atomic mass is 10.1. The van der Waals surface area contributed by atoms with Gasteiger partial charge in [-0.15, -0.1) is 0 Å². The number of carbonyl (C=O) groups excluding carboxylic acids is 1. The molecule has 0 spiro atoms. The van der Waals surface area contributed by atoms with E-state index < -0.39 is 6.10 Å². The number of hydrogen-bond donors (Lipinski definition) is 1. The van der Waals surface area contributed by atoms with Crippen molar-refractivity contribution in [3.8, 4) is 5.75 Å². The third-order valence-corrected chi connectivity index (χ3v) is 4.06. The fraction of sp³-hybridized carbons (Fsp3) is 0.294. The Kier molecular flexibility index (Phi) is 3.46. The van der Waals surface area contributed by atoms with Crippen LogP contribution in [0.4, 0.5) is 10.1 Å². The highest BCUT2D eigenvalue weighted by Gasteiger charge is 2.29. The molecule has 1 amide bonds. The van der Waals surface area contributed by atoms with Crippen molar-refractivity contribution < 1.29 is 18.7 Å². The normalized spacial score (nSPS) is 18.7. The Morgan fingerprint density at radius 1 is 1.30 bits per heavy atom. The van der Waals surface area contributed by atoms with Gasteiger partial charge >= 0.3 is 0 Å². The van der Waals surface area contributed by atoms with Crippen LogP contribution in [-0.4, -0.2) is 23.6 Å². The predicted molar refractivity (Wildman–Crippen MR) is 80.7 cm³/mol. The van der Waals surface area contributed by atoms with Gasteiger partial charge in [0, 0.05) is 29.7 Å². The maximum Gasteiger partial charge on any atom is 0.265 e. The van der Waals surface area contributed by atoms with Crippen molar-refractivity contribution in [3.05, 3.63) is 53.1 Å². The Labute approximate surface area is 132 Å². The molecule has 5 nitrogen and oxygen atoms in total. The molecule has 4 rings (SSSR count). The second-order valence-electron chi connectivity index (χ2n) is 5.68. The number of nitrogens with one attached hydrogen (secondary N) is 1. The molecule has 23 heavy (non-hydrogen) atoms. The average Bonchev–Trinajstić information content (AvgIpc) is 2.98. The second kappa shape index (κ2) is 5.62. The zero-order valence-corrected chi connectivity index (χ0v) is 12.3. The number of hydrogen-bond acceptors (Lipinski definition) is 4. The first-order valence-electron chi connectivity index (χ1n) is 7.50. The summed E-state index contributed by atoms with van der Waals surface area (Å²) in [4.78, 5) is 16.7. The number of anilines is 1. The van der Waals surface area contributed by atoms with Crippen LogP contribution in [0.2, 0.25) is 0 Å². The van der Waals surface area contributed by atoms with Crippen LogP contribution in [0.25, 0.3) is 0 Å². The lowest BCUT2D eigenvalue weighted by molar-refractivity contribution is -0.122. The monoisotopic (exact) mass is 314 g/mol. The van der Waals surface area contributed by atoms with Crippen LogP contribution in [0.5, 0.6) is 5.75 Å². The molecule has 1 unspecified atom stereocenters. The van der Waals surface area contributed by atoms with Crippen molar-refractivity contribution >= 4 is 11.6 Å². The number of rotatable bonds is 2. The molecule has 1 N–H and O–H groups in total. The molecule has 6 heteroatoms. The minimum absolute atomic E-state index is 0.264. The van der Waals surface area contributed by atoms with Gasteiger partial charge < -0.3 is 14.8 Å². The van der Waals surface area contributed by atoms with Gasteiger partial charge in [-0.2, -0.15) is 0 Å². The maximum atomic E-state index is 13.2. The summed E-state index contributed by atoms with van der Waals surface area (Å²) in [6.07, 6.45) is 2.14. The fourth-order valence-corrected chi connectivity index (χ4v) is 2.89. The number of nitrogens with zero attached hydrogens (tertiary/aromatic N) is 1. The number of fused-ring (bicyclic) bond motifs is 2. The standard InChI is InChI=1S/C17H15FN2O3/c18-12-1-2-15-10(5-12)7-16(23-15)17(21)20-13-6-11-9-22-4-3-14(11)19-8-13/h1-2,5-6,8,16H,3-4,7,9H2,(H,20,21). The molecule has 118 valence electrons. The van der Waals surface area contributed by atoms with E-state index in [9.17, 15) is 9.18 Å². The molecule has 1 atom stereocenters. The Morgan fingerprint density at radius 3 is 3.13 bits per heavy atom. The van der Waals surface area contributed by atoms with Gasteiger partial charge in [0.25, 0.3) is 5.91 Å². The average molecular weight is 314 g/mol. The minimum atomic E-state index is -0.654. The SMILES string of the molecule is O=C(Nc1cnc2c(c1)COCC2)C1Cc2cc(F)ccc2O1. The largest absolute Gasteiger partial charge is 0.480 e. The van der Waals surface area contributed by atoms with E-state index in [-0.39, 0.29) is 11.7 Å². The third-order valence-electron chi connectivity index (χ3n) is 4.06. The summed E-state index contributed by atoms with van der Waals surface area (Å²) in [5.41, 5.74) is 3.33. The molecule has 1 aromatic carbocycles. The highest BCUT2D eigenvalue weighted by Crippen LogP contribution is 2.30. The van der Waals surface area contributed by atoms with Gasteiger partial charge in [0.05, 0.1) is 25.1 Å². The summed E-state index contributed by atoms with van der Waals surface area (Å²) >= 11 is 0. The predicted octanol–water partition coefficient (Wildman–Crippen LogP) is 2.24. The second-order valence-corrected chi connectivity index (χ2v) is 5.68. The van der Waals surface area contributed by atoms with Crippen LogP contribution in [0.1, 0.15) is 16.8 Å². The third kappa shape index (κ3) is 2.77. The first kappa shape index (κ1) is 14.1. The van der Waals surface area contributed by atoms with Gasteiger partial charge in [0.2, 0.25) is 0 Å². The van der Waals surface area contributed by atoms with Crippen LogP contribution < -0.4 is 10.1 Å². The molecular weight excluding hydrogens is 299 g/mol. The van der Waals surface area contributed by atoms with E-state index in [0.29, 0.717) is 36.6 Å². The summed E-state index contributed by atoms with van der Waals surface area (Å²) in [6, 6.07) is 6.16. The summed E-state index contributed by atoms with van der Waals surface area (Å²) < 4.78 is 24.2. The topological polar surface area (TPSA) is 60.5 Å². The molecule has 2 aliphatic rings. The number of benzene rings is 1. The summed E-state index contributed by atoms with van der Waals surface area (Å²) in [6.45, 7) is 1.19. The lowest BCUT2D eigenvalue weighted by Gasteiger charge is -2.17. The Hall–Kier alpha value is -2.47. The number of amides is 1. The van der Waals surface area contributed by atoms with E-state index in [1.165, 1.54) is 12.1 Å². The van der Waals surface area contributed by atoms with Crippen molar-refractivity contribution in [2.45, 2.75) is 25.6 Å². The molecule has 3 heterocycles. The molecule has 2 aromatic rings. The summed E-state index contributed by atoms with van der Waals surface area (Å²) in [5, 5.41) is 2.81. The van der Waals surface area contributed by atoms with Crippen molar-refractivity contribution in [1.82, 2.24) is 4.98 Å². The van der Waals surface area contributed by atoms with E-state index in [0.717, 1.165) is 17.7 Å². The van der Waals surface area contributed by atoms with Crippen LogP contribution in [0.3, 0.4) is 0 Å². The number of aromatic nitrogens is 1. The van der Waals surface area contributed by atoms with Crippen LogP contribution in [0, 0.1) is 5.82 Å². The van der Waals surface area contributed by atoms with Gasteiger partial charge in [0.15, 0.2) is 6.10 Å². The highest BCUT2D eigenvalue weighted by molar-refractivity contribution is 5.95. The molecule has 0 bridgehead atoms. The van der Waals surface area contributed by atoms with E-state index in [1.54, 1.807) is 12.3 Å². The number of pyridine rings is 1. The van der Waals surface area contributed by atoms with Crippen LogP contribution >= 0.6 is 0 Å². The molecule has 0 radical (unpaired) electrons. The first-order chi connectivity index (χ1) is 11.2. The van der Waals surface area contributed by atoms with Crippen LogP contribution in [-0.2, 0) is 29.0 Å². The van der Waals surface area contributed by atoms with Gasteiger partial charge in [-0.3, -0.25) is 9.78 Å². The van der Waals surface area contributed by atoms with E-state index in [1.807, 2.05) is 6.07 Å². The molecular formula is C17H15FN2O3. The molecule has 0 fully saturated rings. The quantitative estimate of drug-likeness (QED) is 0.923. The smallest absolute Gasteiger partial charge is 0.265 e. The summed E-state index contributed by atoms with van der Waals surface area (Å²) in [5.74, 6) is -0.0316. The van der Waals surface area contributed by atoms with Gasteiger partial charge in [-0.1, -0.05) is 0 Å². The van der Waals surface area contributed by atoms with Crippen molar-refractivity contribution in [2.75, 3.05) is 11.9 Å². The molecule has 0 saturated heterocycles. The van der Waals surface area contributed by atoms with Gasteiger partial charge in [-0.05, 0) is 24.3 Å². The minimum Gasteiger partial charge on any atom is -0.480 e. The molecule has 0 aliphatic carbocycles. The summed E-state index contributed by atoms with van der Waals surface area (Å²) in [7, 11) is 0. The fourth-order valence-electron chi connectivity index (χ4n) is 2.89. The zero-order valence-electron chi connectivity index (χ0n) is 12.3. The Balaban J connectivity index is 1.47. The van der Waals surface area contributed by atoms with E-state index in [2.05, 4.69) is 10.3 Å². The highest BCUT2D eigenvalue weighted by atomic mass is 19.1. The van der Waals surface area contributed by atoms with Crippen molar-refractivity contribution in [1.29, 1.82) is 0 Å². The lowest BCUT2D eigenvalue weighted by Crippen LogP contribution is -2.31. The van der Waals surface area contributed by atoms with Gasteiger partial charge in [-0.25, -0.2) is 4.39 Å². The van der Waals surface area contributed by atoms with Crippen LogP contribution in [0.15, 0.2) is 30.5 Å². The Bertz CT molecular complexity index is 778. The molecule has 2 aliphatic heterocycles. The zero-order chi connectivity index (χ0) is 15.8. The Morgan fingerprint density at radius 2 is 2.22 bits per heavy atom. The van der Waals surface area contributed by atoms with E-state index >= 15 is 0 Å². The number of halogens is 1. The molecule has 1 aromatic heterocycles. The number of ether oxygens (including phenoxy) is 2. The van der Waals surface area contributed by atoms with Crippen molar-refractivity contribution in [3.63, 3.8) is 0 Å². The van der Waals surface area contributed by atoms with E-state index in [4.69, 9.17) is 9.47 Å². The maximum absolute atomic E-state index is 13.2. The van der Waals surface area contributed by atoms with Crippen molar-refractivity contribution in [2.24, 2.45) is 0 Å². The first-order valence-corrected chi connectivity index (χ1v) is 7.50. The number of carbonyl (C=O) groups is 1. The van der Waals surface area contributed by atoms with Gasteiger partial charge in [0.1, 0.15) is 11.6 Å².